The SMILES string of the molecule is NC1CCc2ccc(Oc3ccccc3-c3cccc(F)c3Cl)cc2C1C(=O)O. The van der Waals surface area contributed by atoms with E-state index in [2.05, 4.69) is 0 Å². The number of hydrogen-bond acceptors (Lipinski definition) is 3. The summed E-state index contributed by atoms with van der Waals surface area (Å²) in [7, 11) is 0. The van der Waals surface area contributed by atoms with E-state index in [4.69, 9.17) is 22.1 Å². The van der Waals surface area contributed by atoms with Crippen molar-refractivity contribution in [2.24, 2.45) is 5.73 Å². The van der Waals surface area contributed by atoms with Gasteiger partial charge >= 0.3 is 5.97 Å². The summed E-state index contributed by atoms with van der Waals surface area (Å²) in [6.07, 6.45) is 1.36. The Kier molecular flexibility index (Phi) is 5.26. The molecule has 0 spiro atoms. The van der Waals surface area contributed by atoms with Gasteiger partial charge in [-0.25, -0.2) is 4.39 Å². The number of benzene rings is 3. The van der Waals surface area contributed by atoms with E-state index < -0.39 is 23.7 Å². The number of ether oxygens (including phenoxy) is 1. The predicted octanol–water partition coefficient (Wildman–Crippen LogP) is 5.38. The number of rotatable bonds is 4. The predicted molar refractivity (Wildman–Crippen MR) is 110 cm³/mol. The van der Waals surface area contributed by atoms with Gasteiger partial charge < -0.3 is 15.6 Å². The highest BCUT2D eigenvalue weighted by molar-refractivity contribution is 6.33. The molecule has 0 aromatic heterocycles. The fraction of sp³-hybridized carbons (Fsp3) is 0.174. The van der Waals surface area contributed by atoms with Crippen LogP contribution in [0, 0.1) is 5.82 Å². The molecular weight excluding hydrogens is 393 g/mol. The molecule has 6 heteroatoms. The first-order valence-corrected chi connectivity index (χ1v) is 9.66. The van der Waals surface area contributed by atoms with Gasteiger partial charge in [-0.05, 0) is 48.2 Å². The Morgan fingerprint density at radius 2 is 1.86 bits per heavy atom. The van der Waals surface area contributed by atoms with Crippen molar-refractivity contribution in [3.63, 3.8) is 0 Å². The molecular formula is C23H19ClFNO3. The van der Waals surface area contributed by atoms with E-state index in [0.29, 0.717) is 34.6 Å². The maximum atomic E-state index is 13.9. The normalized spacial score (nSPS) is 18.2. The monoisotopic (exact) mass is 411 g/mol. The van der Waals surface area contributed by atoms with Crippen LogP contribution in [0.25, 0.3) is 11.1 Å². The van der Waals surface area contributed by atoms with Crippen molar-refractivity contribution in [2.45, 2.75) is 24.8 Å². The van der Waals surface area contributed by atoms with Crippen molar-refractivity contribution in [1.82, 2.24) is 0 Å². The topological polar surface area (TPSA) is 72.5 Å². The van der Waals surface area contributed by atoms with E-state index in [0.717, 1.165) is 12.0 Å². The van der Waals surface area contributed by atoms with Gasteiger partial charge in [0.05, 0.1) is 10.9 Å². The van der Waals surface area contributed by atoms with Crippen LogP contribution >= 0.6 is 11.6 Å². The Hall–Kier alpha value is -2.89. The van der Waals surface area contributed by atoms with Gasteiger partial charge in [-0.3, -0.25) is 4.79 Å². The summed E-state index contributed by atoms with van der Waals surface area (Å²) in [5.41, 5.74) is 8.86. The molecule has 148 valence electrons. The zero-order valence-electron chi connectivity index (χ0n) is 15.4. The van der Waals surface area contributed by atoms with Crippen LogP contribution in [0.15, 0.2) is 60.7 Å². The van der Waals surface area contributed by atoms with E-state index >= 15 is 0 Å². The van der Waals surface area contributed by atoms with Gasteiger partial charge in [0, 0.05) is 17.2 Å². The Balaban J connectivity index is 1.73. The molecule has 0 aliphatic heterocycles. The summed E-state index contributed by atoms with van der Waals surface area (Å²) in [4.78, 5) is 11.7. The van der Waals surface area contributed by atoms with Gasteiger partial charge in [0.15, 0.2) is 0 Å². The zero-order valence-corrected chi connectivity index (χ0v) is 16.2. The Bertz CT molecular complexity index is 1090. The van der Waals surface area contributed by atoms with Gasteiger partial charge in [-0.15, -0.1) is 0 Å². The lowest BCUT2D eigenvalue weighted by Crippen LogP contribution is -2.37. The second kappa shape index (κ2) is 7.85. The van der Waals surface area contributed by atoms with Crippen LogP contribution in [0.5, 0.6) is 11.5 Å². The summed E-state index contributed by atoms with van der Waals surface area (Å²) in [5.74, 6) is -1.24. The van der Waals surface area contributed by atoms with Crippen molar-refractivity contribution >= 4 is 17.6 Å². The first-order valence-electron chi connectivity index (χ1n) is 9.28. The smallest absolute Gasteiger partial charge is 0.312 e. The Morgan fingerprint density at radius 1 is 1.10 bits per heavy atom. The highest BCUT2D eigenvalue weighted by Crippen LogP contribution is 2.39. The van der Waals surface area contributed by atoms with Crippen LogP contribution in [0.3, 0.4) is 0 Å². The lowest BCUT2D eigenvalue weighted by atomic mass is 9.79. The highest BCUT2D eigenvalue weighted by atomic mass is 35.5. The molecule has 1 aliphatic rings. The molecule has 2 unspecified atom stereocenters. The number of carbonyl (C=O) groups is 1. The zero-order chi connectivity index (χ0) is 20.5. The van der Waals surface area contributed by atoms with Crippen LogP contribution < -0.4 is 10.5 Å². The molecule has 4 rings (SSSR count). The number of carboxylic acids is 1. The molecule has 4 nitrogen and oxygen atoms in total. The largest absolute Gasteiger partial charge is 0.481 e. The quantitative estimate of drug-likeness (QED) is 0.604. The number of nitrogens with two attached hydrogens (primary N) is 1. The summed E-state index contributed by atoms with van der Waals surface area (Å²) < 4.78 is 20.0. The minimum atomic E-state index is -0.942. The average molecular weight is 412 g/mol. The van der Waals surface area contributed by atoms with Crippen molar-refractivity contribution in [1.29, 1.82) is 0 Å². The second-order valence-corrected chi connectivity index (χ2v) is 7.46. The number of halogens is 2. The average Bonchev–Trinajstić information content (AvgIpc) is 2.70. The van der Waals surface area contributed by atoms with Crippen LogP contribution in [0.1, 0.15) is 23.5 Å². The summed E-state index contributed by atoms with van der Waals surface area (Å²) in [6.45, 7) is 0. The summed E-state index contributed by atoms with van der Waals surface area (Å²) in [5, 5.41) is 9.63. The number of aryl methyl sites for hydroxylation is 1. The van der Waals surface area contributed by atoms with E-state index in [1.807, 2.05) is 12.1 Å². The molecule has 0 saturated carbocycles. The van der Waals surface area contributed by atoms with Gasteiger partial charge in [-0.1, -0.05) is 48.0 Å². The van der Waals surface area contributed by atoms with Crippen LogP contribution in [0.2, 0.25) is 5.02 Å². The van der Waals surface area contributed by atoms with E-state index in [9.17, 15) is 14.3 Å². The third kappa shape index (κ3) is 3.71. The van der Waals surface area contributed by atoms with E-state index in [1.54, 1.807) is 42.5 Å². The number of aliphatic carboxylic acids is 1. The Morgan fingerprint density at radius 3 is 2.66 bits per heavy atom. The highest BCUT2D eigenvalue weighted by Gasteiger charge is 2.33. The van der Waals surface area contributed by atoms with Gasteiger partial charge in [-0.2, -0.15) is 0 Å². The van der Waals surface area contributed by atoms with Gasteiger partial charge in [0.25, 0.3) is 0 Å². The maximum absolute atomic E-state index is 13.9. The second-order valence-electron chi connectivity index (χ2n) is 7.08. The minimum Gasteiger partial charge on any atom is -0.481 e. The van der Waals surface area contributed by atoms with Crippen LogP contribution in [0.4, 0.5) is 4.39 Å². The molecule has 2 atom stereocenters. The molecule has 0 fully saturated rings. The van der Waals surface area contributed by atoms with Crippen molar-refractivity contribution in [3.8, 4) is 22.6 Å². The molecule has 0 amide bonds. The van der Waals surface area contributed by atoms with E-state index in [1.165, 1.54) is 6.07 Å². The molecule has 29 heavy (non-hydrogen) atoms. The molecule has 0 bridgehead atoms. The van der Waals surface area contributed by atoms with Crippen LogP contribution in [-0.2, 0) is 11.2 Å². The molecule has 0 radical (unpaired) electrons. The van der Waals surface area contributed by atoms with Crippen LogP contribution in [-0.4, -0.2) is 17.1 Å². The van der Waals surface area contributed by atoms with Crippen molar-refractivity contribution < 1.29 is 19.0 Å². The molecule has 0 heterocycles. The van der Waals surface area contributed by atoms with Crippen molar-refractivity contribution in [2.75, 3.05) is 0 Å². The van der Waals surface area contributed by atoms with Gasteiger partial charge in [0.1, 0.15) is 17.3 Å². The maximum Gasteiger partial charge on any atom is 0.312 e. The number of carboxylic acid groups (broad SMARTS) is 1. The first kappa shape index (κ1) is 19.4. The third-order valence-corrected chi connectivity index (χ3v) is 5.63. The molecule has 1 aliphatic carbocycles. The first-order chi connectivity index (χ1) is 14.0. The fourth-order valence-electron chi connectivity index (χ4n) is 3.81. The van der Waals surface area contributed by atoms with E-state index in [-0.39, 0.29) is 5.02 Å². The minimum absolute atomic E-state index is 0.0194. The number of hydrogen-bond donors (Lipinski definition) is 2. The molecule has 3 aromatic rings. The molecule has 0 saturated heterocycles. The molecule has 3 aromatic carbocycles. The van der Waals surface area contributed by atoms with Gasteiger partial charge in [0.2, 0.25) is 0 Å². The standard InChI is InChI=1S/C23H19ClFNO3/c24-22-16(5-3-6-18(22)25)15-4-1-2-7-20(15)29-14-10-8-13-9-11-19(26)21(23(27)28)17(13)12-14/h1-8,10,12,19,21H,9,11,26H2,(H,27,28). The summed E-state index contributed by atoms with van der Waals surface area (Å²) >= 11 is 6.16. The number of para-hydroxylation sites is 1. The fourth-order valence-corrected chi connectivity index (χ4v) is 4.03. The van der Waals surface area contributed by atoms with Crippen molar-refractivity contribution in [3.05, 3.63) is 82.6 Å². The Labute approximate surface area is 172 Å². The lowest BCUT2D eigenvalue weighted by Gasteiger charge is -2.28. The lowest BCUT2D eigenvalue weighted by molar-refractivity contribution is -0.139. The third-order valence-electron chi connectivity index (χ3n) is 5.25. The number of fused-ring (bicyclic) bond motifs is 1. The summed E-state index contributed by atoms with van der Waals surface area (Å²) in [6, 6.07) is 16.8. The molecule has 3 N–H and O–H groups in total.